The van der Waals surface area contributed by atoms with Crippen LogP contribution in [0.4, 0.5) is 0 Å². The van der Waals surface area contributed by atoms with Crippen molar-refractivity contribution in [3.63, 3.8) is 0 Å². The number of rotatable bonds is 5. The number of benzene rings is 1. The van der Waals surface area contributed by atoms with Crippen molar-refractivity contribution in [3.8, 4) is 0 Å². The minimum atomic E-state index is -0.217. The molecule has 0 unspecified atom stereocenters. The van der Waals surface area contributed by atoms with Gasteiger partial charge in [-0.15, -0.1) is 11.3 Å². The Labute approximate surface area is 132 Å². The van der Waals surface area contributed by atoms with Crippen LogP contribution in [0, 0.1) is 6.92 Å². The molecule has 0 saturated heterocycles. The van der Waals surface area contributed by atoms with E-state index in [1.807, 2.05) is 30.5 Å². The molecule has 0 aliphatic carbocycles. The van der Waals surface area contributed by atoms with Crippen LogP contribution in [0.25, 0.3) is 0 Å². The van der Waals surface area contributed by atoms with Gasteiger partial charge in [-0.25, -0.2) is 4.98 Å². The monoisotopic (exact) mass is 312 g/mol. The molecule has 22 heavy (non-hydrogen) atoms. The van der Waals surface area contributed by atoms with Crippen LogP contribution in [-0.2, 0) is 13.0 Å². The SMILES string of the molecule is Cc1ccc(C(=O)NCc2csc(Cc3ccccc3)n2)o1. The molecule has 0 radical (unpaired) electrons. The zero-order chi connectivity index (χ0) is 15.4. The van der Waals surface area contributed by atoms with Gasteiger partial charge in [0.25, 0.3) is 5.91 Å². The van der Waals surface area contributed by atoms with Gasteiger partial charge in [-0.2, -0.15) is 0 Å². The summed E-state index contributed by atoms with van der Waals surface area (Å²) < 4.78 is 5.29. The number of amides is 1. The van der Waals surface area contributed by atoms with E-state index >= 15 is 0 Å². The highest BCUT2D eigenvalue weighted by Crippen LogP contribution is 2.15. The number of hydrogen-bond donors (Lipinski definition) is 1. The van der Waals surface area contributed by atoms with Gasteiger partial charge in [0.2, 0.25) is 0 Å². The van der Waals surface area contributed by atoms with Gasteiger partial charge in [-0.1, -0.05) is 30.3 Å². The zero-order valence-electron chi connectivity index (χ0n) is 12.2. The van der Waals surface area contributed by atoms with Crippen LogP contribution in [0.5, 0.6) is 0 Å². The van der Waals surface area contributed by atoms with E-state index in [0.717, 1.165) is 22.9 Å². The summed E-state index contributed by atoms with van der Waals surface area (Å²) in [6.45, 7) is 2.22. The van der Waals surface area contributed by atoms with Gasteiger partial charge in [0.05, 0.1) is 17.2 Å². The van der Waals surface area contributed by atoms with Crippen molar-refractivity contribution in [1.82, 2.24) is 10.3 Å². The van der Waals surface area contributed by atoms with E-state index in [1.54, 1.807) is 23.5 Å². The Balaban J connectivity index is 1.57. The maximum absolute atomic E-state index is 11.9. The normalized spacial score (nSPS) is 10.6. The molecular formula is C17H16N2O2S. The lowest BCUT2D eigenvalue weighted by atomic mass is 10.2. The van der Waals surface area contributed by atoms with E-state index in [1.165, 1.54) is 5.56 Å². The molecule has 0 spiro atoms. The van der Waals surface area contributed by atoms with E-state index in [-0.39, 0.29) is 5.91 Å². The number of carbonyl (C=O) groups excluding carboxylic acids is 1. The molecule has 0 saturated carbocycles. The van der Waals surface area contributed by atoms with Crippen molar-refractivity contribution in [2.45, 2.75) is 19.9 Å². The van der Waals surface area contributed by atoms with Crippen molar-refractivity contribution in [1.29, 1.82) is 0 Å². The molecule has 2 heterocycles. The van der Waals surface area contributed by atoms with Crippen LogP contribution < -0.4 is 5.32 Å². The molecule has 1 aromatic carbocycles. The summed E-state index contributed by atoms with van der Waals surface area (Å²) in [5, 5.41) is 5.84. The van der Waals surface area contributed by atoms with Crippen LogP contribution in [0.2, 0.25) is 0 Å². The van der Waals surface area contributed by atoms with Gasteiger partial charge in [-0.3, -0.25) is 4.79 Å². The number of aryl methyl sites for hydroxylation is 1. The molecule has 0 aliphatic rings. The predicted molar refractivity (Wildman–Crippen MR) is 86.0 cm³/mol. The zero-order valence-corrected chi connectivity index (χ0v) is 13.0. The van der Waals surface area contributed by atoms with Crippen molar-refractivity contribution in [2.75, 3.05) is 0 Å². The Morgan fingerprint density at radius 3 is 2.77 bits per heavy atom. The second-order valence-corrected chi connectivity index (χ2v) is 5.93. The Morgan fingerprint density at radius 1 is 1.23 bits per heavy atom. The fraction of sp³-hybridized carbons (Fsp3) is 0.176. The van der Waals surface area contributed by atoms with Gasteiger partial charge in [0.15, 0.2) is 5.76 Å². The smallest absolute Gasteiger partial charge is 0.287 e. The summed E-state index contributed by atoms with van der Waals surface area (Å²) in [5.41, 5.74) is 2.10. The van der Waals surface area contributed by atoms with Crippen molar-refractivity contribution in [3.05, 3.63) is 75.6 Å². The minimum Gasteiger partial charge on any atom is -0.456 e. The second kappa shape index (κ2) is 6.58. The Hall–Kier alpha value is -2.40. The molecule has 0 fully saturated rings. The van der Waals surface area contributed by atoms with Crippen LogP contribution >= 0.6 is 11.3 Å². The standard InChI is InChI=1S/C17H16N2O2S/c1-12-7-8-15(21-12)17(20)18-10-14-11-22-16(19-14)9-13-5-3-2-4-6-13/h2-8,11H,9-10H2,1H3,(H,18,20). The first-order valence-corrected chi connectivity index (χ1v) is 7.90. The summed E-state index contributed by atoms with van der Waals surface area (Å²) in [6, 6.07) is 13.7. The first kappa shape index (κ1) is 14.5. The number of nitrogens with one attached hydrogen (secondary N) is 1. The number of thiazole rings is 1. The molecule has 2 aromatic heterocycles. The quantitative estimate of drug-likeness (QED) is 0.783. The Bertz CT molecular complexity index is 762. The van der Waals surface area contributed by atoms with Gasteiger partial charge < -0.3 is 9.73 Å². The van der Waals surface area contributed by atoms with E-state index < -0.39 is 0 Å². The van der Waals surface area contributed by atoms with Gasteiger partial charge >= 0.3 is 0 Å². The largest absolute Gasteiger partial charge is 0.456 e. The Morgan fingerprint density at radius 2 is 2.05 bits per heavy atom. The fourth-order valence-electron chi connectivity index (χ4n) is 2.10. The van der Waals surface area contributed by atoms with E-state index in [0.29, 0.717) is 12.3 Å². The molecule has 3 aromatic rings. The summed E-state index contributed by atoms with van der Waals surface area (Å²) in [5.74, 6) is 0.840. The van der Waals surface area contributed by atoms with Crippen LogP contribution in [-0.4, -0.2) is 10.9 Å². The highest BCUT2D eigenvalue weighted by molar-refractivity contribution is 7.09. The summed E-state index contributed by atoms with van der Waals surface area (Å²) in [4.78, 5) is 16.4. The second-order valence-electron chi connectivity index (χ2n) is 4.99. The maximum atomic E-state index is 11.9. The summed E-state index contributed by atoms with van der Waals surface area (Å²) in [6.07, 6.45) is 0.816. The Kier molecular flexibility index (Phi) is 4.34. The average molecular weight is 312 g/mol. The molecule has 0 bridgehead atoms. The number of aromatic nitrogens is 1. The third kappa shape index (κ3) is 3.62. The third-order valence-corrected chi connectivity index (χ3v) is 4.09. The van der Waals surface area contributed by atoms with Crippen LogP contribution in [0.3, 0.4) is 0 Å². The minimum absolute atomic E-state index is 0.217. The molecule has 5 heteroatoms. The van der Waals surface area contributed by atoms with Gasteiger partial charge in [0.1, 0.15) is 5.76 Å². The summed E-state index contributed by atoms with van der Waals surface area (Å²) in [7, 11) is 0. The molecule has 0 aliphatic heterocycles. The topological polar surface area (TPSA) is 55.1 Å². The first-order chi connectivity index (χ1) is 10.7. The van der Waals surface area contributed by atoms with Crippen LogP contribution in [0.15, 0.2) is 52.3 Å². The predicted octanol–water partition coefficient (Wildman–Crippen LogP) is 3.57. The lowest BCUT2D eigenvalue weighted by molar-refractivity contribution is 0.0921. The van der Waals surface area contributed by atoms with Gasteiger partial charge in [0, 0.05) is 11.8 Å². The number of carbonyl (C=O) groups is 1. The third-order valence-electron chi connectivity index (χ3n) is 3.19. The molecule has 112 valence electrons. The molecule has 1 N–H and O–H groups in total. The van der Waals surface area contributed by atoms with Crippen molar-refractivity contribution >= 4 is 17.2 Å². The van der Waals surface area contributed by atoms with E-state index in [9.17, 15) is 4.79 Å². The lowest BCUT2D eigenvalue weighted by Crippen LogP contribution is -2.22. The molecule has 3 rings (SSSR count). The molecular weight excluding hydrogens is 296 g/mol. The van der Waals surface area contributed by atoms with E-state index in [4.69, 9.17) is 4.42 Å². The maximum Gasteiger partial charge on any atom is 0.287 e. The molecule has 4 nitrogen and oxygen atoms in total. The first-order valence-electron chi connectivity index (χ1n) is 7.02. The van der Waals surface area contributed by atoms with Crippen molar-refractivity contribution < 1.29 is 9.21 Å². The van der Waals surface area contributed by atoms with Crippen molar-refractivity contribution in [2.24, 2.45) is 0 Å². The van der Waals surface area contributed by atoms with Crippen LogP contribution in [0.1, 0.15) is 32.6 Å². The average Bonchev–Trinajstić information content (AvgIpc) is 3.15. The highest BCUT2D eigenvalue weighted by atomic mass is 32.1. The molecule has 0 atom stereocenters. The summed E-state index contributed by atoms with van der Waals surface area (Å²) >= 11 is 1.61. The lowest BCUT2D eigenvalue weighted by Gasteiger charge is -2.00. The van der Waals surface area contributed by atoms with E-state index in [2.05, 4.69) is 22.4 Å². The number of hydrogen-bond acceptors (Lipinski definition) is 4. The number of furan rings is 1. The molecule has 1 amide bonds. The number of nitrogens with zero attached hydrogens (tertiary/aromatic N) is 1. The fourth-order valence-corrected chi connectivity index (χ4v) is 2.92. The highest BCUT2D eigenvalue weighted by Gasteiger charge is 2.10. The van der Waals surface area contributed by atoms with Gasteiger partial charge in [-0.05, 0) is 24.6 Å².